The van der Waals surface area contributed by atoms with Crippen LogP contribution in [0.1, 0.15) is 0 Å². The van der Waals surface area contributed by atoms with Crippen LogP contribution < -0.4 is 10.6 Å². The first-order valence-electron chi connectivity index (χ1n) is 5.71. The molecule has 96 valence electrons. The zero-order chi connectivity index (χ0) is 13.0. The van der Waals surface area contributed by atoms with E-state index in [4.69, 9.17) is 5.11 Å². The number of para-hydroxylation sites is 1. The number of aliphatic hydroxyl groups excluding tert-OH is 1. The van der Waals surface area contributed by atoms with Crippen LogP contribution in [0.15, 0.2) is 30.3 Å². The van der Waals surface area contributed by atoms with Crippen molar-refractivity contribution in [3.8, 4) is 0 Å². The lowest BCUT2D eigenvalue weighted by Gasteiger charge is -2.35. The minimum atomic E-state index is -0.424. The van der Waals surface area contributed by atoms with Crippen LogP contribution >= 0.6 is 0 Å². The third-order valence-electron chi connectivity index (χ3n) is 2.65. The van der Waals surface area contributed by atoms with Crippen LogP contribution in [0, 0.1) is 0 Å². The summed E-state index contributed by atoms with van der Waals surface area (Å²) in [6, 6.07) is 8.56. The Morgan fingerprint density at radius 1 is 1.28 bits per heavy atom. The monoisotopic (exact) mass is 249 g/mol. The molecule has 0 unspecified atom stereocenters. The molecule has 2 rings (SSSR count). The Labute approximate surface area is 105 Å². The molecule has 6 heteroatoms. The van der Waals surface area contributed by atoms with E-state index in [0.29, 0.717) is 18.8 Å². The van der Waals surface area contributed by atoms with Crippen molar-refractivity contribution >= 4 is 17.6 Å². The Bertz CT molecular complexity index is 429. The van der Waals surface area contributed by atoms with Gasteiger partial charge in [0, 0.05) is 18.8 Å². The molecule has 3 amide bonds. The summed E-state index contributed by atoms with van der Waals surface area (Å²) in [4.78, 5) is 24.5. The molecule has 0 atom stereocenters. The molecule has 0 saturated carbocycles. The second kappa shape index (κ2) is 5.50. The van der Waals surface area contributed by atoms with Crippen LogP contribution in [0.5, 0.6) is 0 Å². The molecule has 3 N–H and O–H groups in total. The van der Waals surface area contributed by atoms with Crippen molar-refractivity contribution in [2.24, 2.45) is 0 Å². The first kappa shape index (κ1) is 12.4. The van der Waals surface area contributed by atoms with Gasteiger partial charge in [-0.3, -0.25) is 4.79 Å². The van der Waals surface area contributed by atoms with E-state index in [2.05, 4.69) is 10.6 Å². The number of aliphatic hydroxyl groups is 1. The maximum absolute atomic E-state index is 11.5. The molecule has 0 spiro atoms. The largest absolute Gasteiger partial charge is 0.389 e. The van der Waals surface area contributed by atoms with E-state index >= 15 is 0 Å². The highest BCUT2D eigenvalue weighted by Crippen LogP contribution is 2.07. The van der Waals surface area contributed by atoms with Crippen LogP contribution in [-0.4, -0.2) is 47.7 Å². The van der Waals surface area contributed by atoms with Gasteiger partial charge in [0.05, 0.1) is 12.6 Å². The van der Waals surface area contributed by atoms with Gasteiger partial charge in [-0.2, -0.15) is 0 Å². The summed E-state index contributed by atoms with van der Waals surface area (Å²) in [6.45, 7) is 0.632. The van der Waals surface area contributed by atoms with Gasteiger partial charge in [0.15, 0.2) is 0 Å². The van der Waals surface area contributed by atoms with E-state index in [1.54, 1.807) is 12.1 Å². The number of likely N-dealkylation sites (tertiary alicyclic amines) is 1. The molecule has 0 aliphatic carbocycles. The highest BCUT2D eigenvalue weighted by Gasteiger charge is 2.28. The molecule has 1 saturated heterocycles. The summed E-state index contributed by atoms with van der Waals surface area (Å²) in [7, 11) is 0. The smallest absolute Gasteiger partial charge is 0.319 e. The van der Waals surface area contributed by atoms with E-state index in [9.17, 15) is 9.59 Å². The summed E-state index contributed by atoms with van der Waals surface area (Å²) in [5.41, 5.74) is 0.668. The van der Waals surface area contributed by atoms with Gasteiger partial charge in [0.25, 0.3) is 0 Å². The van der Waals surface area contributed by atoms with Crippen molar-refractivity contribution in [3.63, 3.8) is 0 Å². The highest BCUT2D eigenvalue weighted by molar-refractivity contribution is 5.92. The maximum Gasteiger partial charge on any atom is 0.319 e. The molecule has 0 bridgehead atoms. The van der Waals surface area contributed by atoms with Crippen LogP contribution in [0.25, 0.3) is 0 Å². The van der Waals surface area contributed by atoms with Crippen LogP contribution in [0.3, 0.4) is 0 Å². The van der Waals surface area contributed by atoms with Crippen LogP contribution in [0.2, 0.25) is 0 Å². The molecule has 18 heavy (non-hydrogen) atoms. The Kier molecular flexibility index (Phi) is 3.78. The van der Waals surface area contributed by atoms with E-state index in [1.807, 2.05) is 18.2 Å². The average molecular weight is 249 g/mol. The number of nitrogens with zero attached hydrogens (tertiary/aromatic N) is 1. The van der Waals surface area contributed by atoms with Crippen molar-refractivity contribution in [2.75, 3.05) is 25.0 Å². The average Bonchev–Trinajstić information content (AvgIpc) is 2.33. The third-order valence-corrected chi connectivity index (χ3v) is 2.65. The Balaban J connectivity index is 1.70. The van der Waals surface area contributed by atoms with Gasteiger partial charge in [0.1, 0.15) is 0 Å². The summed E-state index contributed by atoms with van der Waals surface area (Å²) in [5.74, 6) is -0.191. The number of carbonyl (C=O) groups excluding carboxylic acids is 2. The standard InChI is InChI=1S/C12H15N3O3/c16-10-7-15(8-10)11(17)6-13-12(18)14-9-4-2-1-3-5-9/h1-5,10,16H,6-8H2,(H2,13,14,18). The number of carbonyl (C=O) groups is 2. The Morgan fingerprint density at radius 3 is 2.56 bits per heavy atom. The highest BCUT2D eigenvalue weighted by atomic mass is 16.3. The number of hydrogen-bond acceptors (Lipinski definition) is 3. The predicted molar refractivity (Wildman–Crippen MR) is 66.1 cm³/mol. The number of β-amino-alcohol motifs (C(OH)–C–C–N with tert-alkyl or cyclic N) is 1. The lowest BCUT2D eigenvalue weighted by molar-refractivity contribution is -0.139. The van der Waals surface area contributed by atoms with Gasteiger partial charge in [-0.25, -0.2) is 4.79 Å². The first-order chi connectivity index (χ1) is 8.65. The molecular formula is C12H15N3O3. The van der Waals surface area contributed by atoms with E-state index in [0.717, 1.165) is 0 Å². The molecule has 0 radical (unpaired) electrons. The fraction of sp³-hybridized carbons (Fsp3) is 0.333. The molecule has 1 aromatic rings. The molecular weight excluding hydrogens is 234 g/mol. The number of nitrogens with one attached hydrogen (secondary N) is 2. The van der Waals surface area contributed by atoms with Gasteiger partial charge < -0.3 is 20.6 Å². The maximum atomic E-state index is 11.5. The van der Waals surface area contributed by atoms with Crippen molar-refractivity contribution in [1.29, 1.82) is 0 Å². The fourth-order valence-electron chi connectivity index (χ4n) is 1.62. The number of hydrogen-bond donors (Lipinski definition) is 3. The quantitative estimate of drug-likeness (QED) is 0.706. The summed E-state index contributed by atoms with van der Waals surface area (Å²) < 4.78 is 0. The minimum absolute atomic E-state index is 0.0641. The minimum Gasteiger partial charge on any atom is -0.389 e. The van der Waals surface area contributed by atoms with Gasteiger partial charge in [0.2, 0.25) is 5.91 Å². The van der Waals surface area contributed by atoms with Gasteiger partial charge in [-0.1, -0.05) is 18.2 Å². The molecule has 1 aliphatic heterocycles. The molecule has 6 nitrogen and oxygen atoms in total. The summed E-state index contributed by atoms with van der Waals surface area (Å²) >= 11 is 0. The van der Waals surface area contributed by atoms with E-state index in [-0.39, 0.29) is 12.5 Å². The number of benzene rings is 1. The second-order valence-corrected chi connectivity index (χ2v) is 4.13. The molecule has 1 heterocycles. The second-order valence-electron chi connectivity index (χ2n) is 4.13. The van der Waals surface area contributed by atoms with Crippen LogP contribution in [-0.2, 0) is 4.79 Å². The Hall–Kier alpha value is -2.08. The van der Waals surface area contributed by atoms with Crippen LogP contribution in [0.4, 0.5) is 10.5 Å². The first-order valence-corrected chi connectivity index (χ1v) is 5.71. The zero-order valence-electron chi connectivity index (χ0n) is 9.80. The molecule has 1 fully saturated rings. The SMILES string of the molecule is O=C(NCC(=O)N1CC(O)C1)Nc1ccccc1. The Morgan fingerprint density at radius 2 is 1.94 bits per heavy atom. The lowest BCUT2D eigenvalue weighted by atomic mass is 10.2. The van der Waals surface area contributed by atoms with Gasteiger partial charge in [-0.05, 0) is 12.1 Å². The fourth-order valence-corrected chi connectivity index (χ4v) is 1.62. The number of rotatable bonds is 3. The zero-order valence-corrected chi connectivity index (χ0v) is 9.80. The molecule has 0 aromatic heterocycles. The van der Waals surface area contributed by atoms with Gasteiger partial charge in [-0.15, -0.1) is 0 Å². The van der Waals surface area contributed by atoms with E-state index < -0.39 is 12.1 Å². The third kappa shape index (κ3) is 3.21. The topological polar surface area (TPSA) is 81.7 Å². The molecule has 1 aliphatic rings. The van der Waals surface area contributed by atoms with Crippen molar-refractivity contribution < 1.29 is 14.7 Å². The van der Waals surface area contributed by atoms with Crippen molar-refractivity contribution in [2.45, 2.75) is 6.10 Å². The van der Waals surface area contributed by atoms with Crippen molar-refractivity contribution in [3.05, 3.63) is 30.3 Å². The molecule has 1 aromatic carbocycles. The summed E-state index contributed by atoms with van der Waals surface area (Å²) in [6.07, 6.45) is -0.424. The van der Waals surface area contributed by atoms with Crippen molar-refractivity contribution in [1.82, 2.24) is 10.2 Å². The number of anilines is 1. The number of amides is 3. The normalized spacial score (nSPS) is 14.8. The number of urea groups is 1. The predicted octanol–water partition coefficient (Wildman–Crippen LogP) is 0.0112. The van der Waals surface area contributed by atoms with E-state index in [1.165, 1.54) is 4.90 Å². The van der Waals surface area contributed by atoms with Gasteiger partial charge >= 0.3 is 6.03 Å². The lowest BCUT2D eigenvalue weighted by Crippen LogP contribution is -2.56. The summed E-state index contributed by atoms with van der Waals surface area (Å²) in [5, 5.41) is 14.1.